The Hall–Kier alpha value is -3.06. The van der Waals surface area contributed by atoms with Crippen LogP contribution < -0.4 is 10.6 Å². The van der Waals surface area contributed by atoms with E-state index in [1.807, 2.05) is 55.5 Å². The van der Waals surface area contributed by atoms with Gasteiger partial charge in [-0.25, -0.2) is 10.5 Å². The molecule has 1 aliphatic rings. The second kappa shape index (κ2) is 10.5. The Labute approximate surface area is 171 Å². The summed E-state index contributed by atoms with van der Waals surface area (Å²) < 4.78 is 0. The molecule has 3 N–H and O–H groups in total. The second-order valence-corrected chi connectivity index (χ2v) is 7.16. The molecule has 0 spiro atoms. The Morgan fingerprint density at radius 3 is 2.66 bits per heavy atom. The molecule has 7 heteroatoms. The van der Waals surface area contributed by atoms with Gasteiger partial charge in [0.25, 0.3) is 0 Å². The number of anilines is 2. The van der Waals surface area contributed by atoms with Gasteiger partial charge in [0.05, 0.1) is 5.70 Å². The highest BCUT2D eigenvalue weighted by molar-refractivity contribution is 5.89. The monoisotopic (exact) mass is 392 g/mol. The molecule has 0 unspecified atom stereocenters. The van der Waals surface area contributed by atoms with Crippen LogP contribution in [0.15, 0.2) is 65.5 Å². The van der Waals surface area contributed by atoms with Crippen LogP contribution in [0.2, 0.25) is 0 Å². The molecule has 0 bridgehead atoms. The molecule has 1 saturated heterocycles. The third-order valence-corrected chi connectivity index (χ3v) is 5.07. The smallest absolute Gasteiger partial charge is 0.225 e. The fourth-order valence-corrected chi connectivity index (χ4v) is 3.41. The average molecular weight is 393 g/mol. The van der Waals surface area contributed by atoms with Crippen molar-refractivity contribution in [1.29, 1.82) is 5.53 Å². The van der Waals surface area contributed by atoms with Crippen LogP contribution in [0.1, 0.15) is 37.8 Å². The maximum Gasteiger partial charge on any atom is 0.225 e. The van der Waals surface area contributed by atoms with Crippen LogP contribution in [0.4, 0.5) is 11.5 Å². The number of benzene rings is 1. The number of likely N-dealkylation sites (tertiary alicyclic amines) is 1. The largest absolute Gasteiger partial charge is 0.360 e. The molecule has 152 valence electrons. The molecule has 0 atom stereocenters. The number of para-hydroxylation sites is 1. The lowest BCUT2D eigenvalue weighted by molar-refractivity contribution is -0.115. The van der Waals surface area contributed by atoms with Crippen molar-refractivity contribution in [1.82, 2.24) is 9.88 Å². The van der Waals surface area contributed by atoms with Crippen molar-refractivity contribution in [2.24, 2.45) is 5.11 Å². The SMILES string of the molecule is CCC(=O)Nc1cccc(C2CCN(C/C(=C/Nc3ccccc3)N=N)CC2)n1. The Morgan fingerprint density at radius 2 is 1.97 bits per heavy atom. The predicted molar refractivity (Wildman–Crippen MR) is 115 cm³/mol. The number of carbonyl (C=O) groups is 1. The first-order valence-corrected chi connectivity index (χ1v) is 10.0. The third-order valence-electron chi connectivity index (χ3n) is 5.07. The molecule has 2 heterocycles. The van der Waals surface area contributed by atoms with E-state index in [2.05, 4.69) is 25.6 Å². The van der Waals surface area contributed by atoms with E-state index in [-0.39, 0.29) is 5.91 Å². The van der Waals surface area contributed by atoms with Gasteiger partial charge < -0.3 is 10.6 Å². The summed E-state index contributed by atoms with van der Waals surface area (Å²) in [4.78, 5) is 18.5. The van der Waals surface area contributed by atoms with Gasteiger partial charge in [0.1, 0.15) is 5.82 Å². The zero-order valence-electron chi connectivity index (χ0n) is 16.8. The van der Waals surface area contributed by atoms with Crippen molar-refractivity contribution in [3.8, 4) is 0 Å². The summed E-state index contributed by atoms with van der Waals surface area (Å²) in [6.07, 6.45) is 4.24. The van der Waals surface area contributed by atoms with Gasteiger partial charge in [0.15, 0.2) is 0 Å². The number of hydrogen-bond acceptors (Lipinski definition) is 6. The van der Waals surface area contributed by atoms with E-state index in [0.29, 0.717) is 30.4 Å². The molecule has 29 heavy (non-hydrogen) atoms. The molecule has 3 rings (SSSR count). The van der Waals surface area contributed by atoms with Gasteiger partial charge in [0, 0.05) is 36.5 Å². The van der Waals surface area contributed by atoms with Gasteiger partial charge in [-0.1, -0.05) is 31.2 Å². The highest BCUT2D eigenvalue weighted by atomic mass is 16.1. The summed E-state index contributed by atoms with van der Waals surface area (Å²) in [6.45, 7) is 4.33. The van der Waals surface area contributed by atoms with Gasteiger partial charge in [-0.05, 0) is 50.2 Å². The number of nitrogens with one attached hydrogen (secondary N) is 3. The number of pyridine rings is 1. The van der Waals surface area contributed by atoms with Crippen molar-refractivity contribution in [3.63, 3.8) is 0 Å². The van der Waals surface area contributed by atoms with E-state index in [1.165, 1.54) is 0 Å². The zero-order chi connectivity index (χ0) is 20.5. The fraction of sp³-hybridized carbons (Fsp3) is 0.364. The molecule has 0 radical (unpaired) electrons. The van der Waals surface area contributed by atoms with Gasteiger partial charge in [-0.3, -0.25) is 9.69 Å². The quantitative estimate of drug-likeness (QED) is 0.573. The molecule has 0 aliphatic carbocycles. The minimum Gasteiger partial charge on any atom is -0.360 e. The van der Waals surface area contributed by atoms with Gasteiger partial charge in [-0.2, -0.15) is 5.11 Å². The Kier molecular flexibility index (Phi) is 7.47. The van der Waals surface area contributed by atoms with Crippen molar-refractivity contribution < 1.29 is 4.79 Å². The molecule has 1 amide bonds. The van der Waals surface area contributed by atoms with Crippen molar-refractivity contribution in [2.75, 3.05) is 30.3 Å². The molecule has 2 aromatic rings. The van der Waals surface area contributed by atoms with E-state index >= 15 is 0 Å². The van der Waals surface area contributed by atoms with E-state index in [9.17, 15) is 4.79 Å². The molecule has 1 aromatic carbocycles. The number of hydrogen-bond donors (Lipinski definition) is 3. The lowest BCUT2D eigenvalue weighted by Crippen LogP contribution is -2.34. The van der Waals surface area contributed by atoms with Gasteiger partial charge in [-0.15, -0.1) is 0 Å². The summed E-state index contributed by atoms with van der Waals surface area (Å²) in [5.41, 5.74) is 10.2. The highest BCUT2D eigenvalue weighted by Crippen LogP contribution is 2.28. The lowest BCUT2D eigenvalue weighted by Gasteiger charge is -2.31. The van der Waals surface area contributed by atoms with Crippen LogP contribution >= 0.6 is 0 Å². The molecular formula is C22H28N6O. The van der Waals surface area contributed by atoms with Crippen LogP contribution in [0.3, 0.4) is 0 Å². The van der Waals surface area contributed by atoms with E-state index in [1.54, 1.807) is 6.20 Å². The normalized spacial score (nSPS) is 15.7. The maximum absolute atomic E-state index is 11.6. The van der Waals surface area contributed by atoms with E-state index in [0.717, 1.165) is 37.3 Å². The van der Waals surface area contributed by atoms with Crippen LogP contribution in [-0.4, -0.2) is 35.4 Å². The molecule has 7 nitrogen and oxygen atoms in total. The molecular weight excluding hydrogens is 364 g/mol. The number of nitrogens with zero attached hydrogens (tertiary/aromatic N) is 3. The van der Waals surface area contributed by atoms with Gasteiger partial charge >= 0.3 is 0 Å². The highest BCUT2D eigenvalue weighted by Gasteiger charge is 2.22. The standard InChI is InChI=1S/C22H28N6O/c1-2-22(29)26-21-10-6-9-20(25-21)17-11-13-28(14-12-17)16-19(27-23)15-24-18-7-4-3-5-8-18/h3-10,15,17,23-24H,2,11-14,16H2,1H3,(H,25,26,29)/b19-15-,27-23?. The molecule has 1 fully saturated rings. The Morgan fingerprint density at radius 1 is 1.21 bits per heavy atom. The van der Waals surface area contributed by atoms with Crippen LogP contribution in [0.5, 0.6) is 0 Å². The average Bonchev–Trinajstić information content (AvgIpc) is 2.78. The minimum absolute atomic E-state index is 0.0213. The first kappa shape index (κ1) is 20.7. The van der Waals surface area contributed by atoms with E-state index in [4.69, 9.17) is 5.53 Å². The number of amides is 1. The summed E-state index contributed by atoms with van der Waals surface area (Å²) in [6, 6.07) is 15.7. The first-order valence-electron chi connectivity index (χ1n) is 10.0. The summed E-state index contributed by atoms with van der Waals surface area (Å²) >= 11 is 0. The summed E-state index contributed by atoms with van der Waals surface area (Å²) in [7, 11) is 0. The predicted octanol–water partition coefficient (Wildman–Crippen LogP) is 4.59. The topological polar surface area (TPSA) is 93.5 Å². The number of aromatic nitrogens is 1. The third kappa shape index (κ3) is 6.22. The summed E-state index contributed by atoms with van der Waals surface area (Å²) in [5.74, 6) is 0.988. The summed E-state index contributed by atoms with van der Waals surface area (Å²) in [5, 5.41) is 9.71. The molecule has 1 aliphatic heterocycles. The van der Waals surface area contributed by atoms with Crippen molar-refractivity contribution in [2.45, 2.75) is 32.1 Å². The number of carbonyl (C=O) groups excluding carboxylic acids is 1. The molecule has 0 saturated carbocycles. The van der Waals surface area contributed by atoms with Crippen LogP contribution in [0, 0.1) is 5.53 Å². The Bertz CT molecular complexity index is 843. The molecule has 1 aromatic heterocycles. The lowest BCUT2D eigenvalue weighted by atomic mass is 9.93. The first-order chi connectivity index (χ1) is 14.2. The van der Waals surface area contributed by atoms with Crippen LogP contribution in [-0.2, 0) is 4.79 Å². The zero-order valence-corrected chi connectivity index (χ0v) is 16.8. The van der Waals surface area contributed by atoms with Crippen molar-refractivity contribution in [3.05, 3.63) is 66.1 Å². The Balaban J connectivity index is 1.52. The van der Waals surface area contributed by atoms with Crippen molar-refractivity contribution >= 4 is 17.4 Å². The second-order valence-electron chi connectivity index (χ2n) is 7.16. The number of rotatable bonds is 8. The van der Waals surface area contributed by atoms with Crippen LogP contribution in [0.25, 0.3) is 0 Å². The maximum atomic E-state index is 11.6. The van der Waals surface area contributed by atoms with E-state index < -0.39 is 0 Å². The van der Waals surface area contributed by atoms with Gasteiger partial charge in [0.2, 0.25) is 5.91 Å². The fourth-order valence-electron chi connectivity index (χ4n) is 3.41. The minimum atomic E-state index is -0.0213. The number of piperidine rings is 1.